The Morgan fingerprint density at radius 1 is 1.50 bits per heavy atom. The van der Waals surface area contributed by atoms with Gasteiger partial charge in [-0.2, -0.15) is 0 Å². The number of hydrogen-bond acceptors (Lipinski definition) is 1. The third kappa shape index (κ3) is 9.72. The van der Waals surface area contributed by atoms with Crippen LogP contribution in [0.15, 0.2) is 0 Å². The maximum Gasteiger partial charge on any atom is 0.220 e. The molecule has 3 N–H and O–H groups in total. The molecule has 0 atom stereocenters. The first-order valence-corrected chi connectivity index (χ1v) is 4.35. The first-order chi connectivity index (χ1) is 5.31. The van der Waals surface area contributed by atoms with Crippen LogP contribution in [0.25, 0.3) is 0 Å². The number of halogens is 1. The fourth-order valence-electron chi connectivity index (χ4n) is 0.782. The lowest BCUT2D eigenvalue weighted by molar-refractivity contribution is -0.624. The van der Waals surface area contributed by atoms with Crippen molar-refractivity contribution in [2.75, 3.05) is 20.1 Å². The predicted molar refractivity (Wildman–Crippen MR) is 45.3 cm³/mol. The van der Waals surface area contributed by atoms with E-state index in [0.29, 0.717) is 6.42 Å². The summed E-state index contributed by atoms with van der Waals surface area (Å²) in [4.78, 5) is 11.0. The lowest BCUT2D eigenvalue weighted by Gasteiger charge is -2.01. The molecule has 0 fully saturated rings. The van der Waals surface area contributed by atoms with Crippen molar-refractivity contribution >= 4 is 5.91 Å². The Balaban J connectivity index is 0. The molecule has 4 heteroatoms. The molecule has 0 heterocycles. The summed E-state index contributed by atoms with van der Waals surface area (Å²) < 4.78 is 0. The van der Waals surface area contributed by atoms with Gasteiger partial charge in [-0.3, -0.25) is 4.79 Å². The van der Waals surface area contributed by atoms with Gasteiger partial charge in [0.15, 0.2) is 0 Å². The number of unbranched alkanes of at least 4 members (excludes halogenated alkanes) is 1. The van der Waals surface area contributed by atoms with Crippen molar-refractivity contribution in [2.45, 2.75) is 26.2 Å². The number of amides is 1. The molecule has 74 valence electrons. The van der Waals surface area contributed by atoms with Crippen molar-refractivity contribution in [2.24, 2.45) is 0 Å². The van der Waals surface area contributed by atoms with Crippen LogP contribution in [0.4, 0.5) is 0 Å². The molecule has 0 aliphatic heterocycles. The van der Waals surface area contributed by atoms with Crippen molar-refractivity contribution in [3.63, 3.8) is 0 Å². The van der Waals surface area contributed by atoms with E-state index in [1.807, 2.05) is 7.05 Å². The van der Waals surface area contributed by atoms with Crippen molar-refractivity contribution in [3.05, 3.63) is 0 Å². The van der Waals surface area contributed by atoms with Crippen molar-refractivity contribution in [3.8, 4) is 0 Å². The molecule has 0 aromatic carbocycles. The van der Waals surface area contributed by atoms with E-state index in [1.165, 1.54) is 0 Å². The highest BCUT2D eigenvalue weighted by Gasteiger charge is 1.97. The molecule has 0 saturated heterocycles. The highest BCUT2D eigenvalue weighted by atomic mass is 35.5. The molecule has 3 nitrogen and oxygen atoms in total. The zero-order chi connectivity index (χ0) is 8.53. The van der Waals surface area contributed by atoms with Gasteiger partial charge in [0, 0.05) is 6.42 Å². The quantitative estimate of drug-likeness (QED) is 0.424. The van der Waals surface area contributed by atoms with Gasteiger partial charge in [-0.05, 0) is 6.42 Å². The van der Waals surface area contributed by atoms with E-state index in [-0.39, 0.29) is 18.3 Å². The molecule has 0 aliphatic carbocycles. The highest BCUT2D eigenvalue weighted by Crippen LogP contribution is 1.91. The molecule has 0 aromatic rings. The SMILES string of the molecule is CCCCC(=O)NCC[NH2+]C.[Cl-]. The van der Waals surface area contributed by atoms with Crippen LogP contribution in [-0.2, 0) is 4.79 Å². The molecular formula is C8H19ClN2O. The van der Waals surface area contributed by atoms with E-state index >= 15 is 0 Å². The van der Waals surface area contributed by atoms with Crippen LogP contribution < -0.4 is 23.0 Å². The number of nitrogens with one attached hydrogen (secondary N) is 1. The minimum absolute atomic E-state index is 0. The van der Waals surface area contributed by atoms with E-state index in [9.17, 15) is 4.79 Å². The normalized spacial score (nSPS) is 8.83. The van der Waals surface area contributed by atoms with Gasteiger partial charge < -0.3 is 23.0 Å². The standard InChI is InChI=1S/C8H18N2O.ClH/c1-3-4-5-8(11)10-7-6-9-2;/h9H,3-7H2,1-2H3,(H,10,11);1H. The maximum absolute atomic E-state index is 11.0. The first-order valence-electron chi connectivity index (χ1n) is 4.35. The molecule has 1 amide bonds. The van der Waals surface area contributed by atoms with Gasteiger partial charge in [-0.15, -0.1) is 0 Å². The van der Waals surface area contributed by atoms with Gasteiger partial charge in [-0.25, -0.2) is 0 Å². The minimum Gasteiger partial charge on any atom is -1.00 e. The summed E-state index contributed by atoms with van der Waals surface area (Å²) in [6, 6.07) is 0. The number of quaternary nitrogens is 1. The minimum atomic E-state index is 0. The molecule has 0 unspecified atom stereocenters. The number of likely N-dealkylation sites (N-methyl/N-ethyl adjacent to an activating group) is 1. The Morgan fingerprint density at radius 2 is 2.17 bits per heavy atom. The van der Waals surface area contributed by atoms with Crippen molar-refractivity contribution in [1.82, 2.24) is 5.32 Å². The van der Waals surface area contributed by atoms with Gasteiger partial charge in [-0.1, -0.05) is 13.3 Å². The van der Waals surface area contributed by atoms with Gasteiger partial charge in [0.2, 0.25) is 5.91 Å². The lowest BCUT2D eigenvalue weighted by Crippen LogP contribution is -3.00. The third-order valence-corrected chi connectivity index (χ3v) is 1.51. The molecule has 0 aromatic heterocycles. The molecule has 0 spiro atoms. The summed E-state index contributed by atoms with van der Waals surface area (Å²) in [5.41, 5.74) is 0. The number of rotatable bonds is 6. The van der Waals surface area contributed by atoms with E-state index in [2.05, 4.69) is 17.6 Å². The molecule has 0 bridgehead atoms. The summed E-state index contributed by atoms with van der Waals surface area (Å²) in [6.07, 6.45) is 2.77. The fourth-order valence-corrected chi connectivity index (χ4v) is 0.782. The largest absolute Gasteiger partial charge is 1.00 e. The van der Waals surface area contributed by atoms with Crippen LogP contribution in [-0.4, -0.2) is 26.0 Å². The van der Waals surface area contributed by atoms with Crippen LogP contribution in [0.5, 0.6) is 0 Å². The average Bonchev–Trinajstić information content (AvgIpc) is 2.01. The Morgan fingerprint density at radius 3 is 2.67 bits per heavy atom. The van der Waals surface area contributed by atoms with E-state index < -0.39 is 0 Å². The van der Waals surface area contributed by atoms with Gasteiger partial charge >= 0.3 is 0 Å². The average molecular weight is 195 g/mol. The molecular weight excluding hydrogens is 176 g/mol. The van der Waals surface area contributed by atoms with Crippen LogP contribution in [0, 0.1) is 0 Å². The van der Waals surface area contributed by atoms with Gasteiger partial charge in [0.05, 0.1) is 20.1 Å². The predicted octanol–water partition coefficient (Wildman–Crippen LogP) is -3.51. The second-order valence-corrected chi connectivity index (χ2v) is 2.65. The molecule has 0 rings (SSSR count). The molecule has 0 saturated carbocycles. The van der Waals surface area contributed by atoms with Crippen molar-refractivity contribution < 1.29 is 22.5 Å². The zero-order valence-electron chi connectivity index (χ0n) is 7.90. The summed E-state index contributed by atoms with van der Waals surface area (Å²) in [6.45, 7) is 3.85. The number of nitrogens with two attached hydrogens (primary N) is 1. The fraction of sp³-hybridized carbons (Fsp3) is 0.875. The zero-order valence-corrected chi connectivity index (χ0v) is 8.66. The molecule has 0 radical (unpaired) electrons. The first kappa shape index (κ1) is 14.3. The Bertz CT molecular complexity index is 109. The molecule has 0 aliphatic rings. The third-order valence-electron chi connectivity index (χ3n) is 1.51. The highest BCUT2D eigenvalue weighted by molar-refractivity contribution is 5.75. The monoisotopic (exact) mass is 194 g/mol. The number of hydrogen-bond donors (Lipinski definition) is 2. The summed E-state index contributed by atoms with van der Waals surface area (Å²) in [5.74, 6) is 0.189. The van der Waals surface area contributed by atoms with Crippen molar-refractivity contribution in [1.29, 1.82) is 0 Å². The van der Waals surface area contributed by atoms with Crippen LogP contribution >= 0.6 is 0 Å². The van der Waals surface area contributed by atoms with Crippen LogP contribution in [0.2, 0.25) is 0 Å². The van der Waals surface area contributed by atoms with Gasteiger partial charge in [0.25, 0.3) is 0 Å². The topological polar surface area (TPSA) is 45.7 Å². The summed E-state index contributed by atoms with van der Waals surface area (Å²) in [7, 11) is 2.00. The smallest absolute Gasteiger partial charge is 0.220 e. The maximum atomic E-state index is 11.0. The summed E-state index contributed by atoms with van der Waals surface area (Å²) >= 11 is 0. The Labute approximate surface area is 80.7 Å². The molecule has 12 heavy (non-hydrogen) atoms. The van der Waals surface area contributed by atoms with Crippen LogP contribution in [0.3, 0.4) is 0 Å². The van der Waals surface area contributed by atoms with E-state index in [1.54, 1.807) is 0 Å². The summed E-state index contributed by atoms with van der Waals surface area (Å²) in [5, 5.41) is 4.90. The number of carbonyl (C=O) groups excluding carboxylic acids is 1. The Kier molecular flexibility index (Phi) is 12.7. The second-order valence-electron chi connectivity index (χ2n) is 2.65. The van der Waals surface area contributed by atoms with Crippen LogP contribution in [0.1, 0.15) is 26.2 Å². The number of carbonyl (C=O) groups is 1. The Hall–Kier alpha value is -0.280. The van der Waals surface area contributed by atoms with Gasteiger partial charge in [0.1, 0.15) is 0 Å². The van der Waals surface area contributed by atoms with E-state index in [4.69, 9.17) is 0 Å². The van der Waals surface area contributed by atoms with E-state index in [0.717, 1.165) is 25.9 Å². The second kappa shape index (κ2) is 10.7. The lowest BCUT2D eigenvalue weighted by atomic mass is 10.2.